The van der Waals surface area contributed by atoms with Gasteiger partial charge in [-0.3, -0.25) is 0 Å². The Labute approximate surface area is 154 Å². The van der Waals surface area contributed by atoms with E-state index in [1.54, 1.807) is 32.7 Å². The van der Waals surface area contributed by atoms with Crippen LogP contribution in [0.2, 0.25) is 0 Å². The van der Waals surface area contributed by atoms with E-state index in [0.29, 0.717) is 23.2 Å². The van der Waals surface area contributed by atoms with Gasteiger partial charge in [-0.15, -0.1) is 11.3 Å². The fourth-order valence-electron chi connectivity index (χ4n) is 3.06. The van der Waals surface area contributed by atoms with Gasteiger partial charge < -0.3 is 19.9 Å². The molecule has 138 valence electrons. The second-order valence-electron chi connectivity index (χ2n) is 6.39. The predicted molar refractivity (Wildman–Crippen MR) is 104 cm³/mol. The molecule has 2 N–H and O–H groups in total. The fraction of sp³-hybridized carbons (Fsp3) is 0.500. The van der Waals surface area contributed by atoms with Crippen LogP contribution in [-0.2, 0) is 5.54 Å². The number of nitrogens with two attached hydrogens (primary N) is 1. The molecule has 25 heavy (non-hydrogen) atoms. The summed E-state index contributed by atoms with van der Waals surface area (Å²) in [5.41, 5.74) is 7.59. The molecule has 0 bridgehead atoms. The smallest absolute Gasteiger partial charge is 0.203 e. The molecule has 0 radical (unpaired) electrons. The van der Waals surface area contributed by atoms with Gasteiger partial charge in [0, 0.05) is 4.88 Å². The van der Waals surface area contributed by atoms with E-state index in [2.05, 4.69) is 31.4 Å². The van der Waals surface area contributed by atoms with E-state index in [-0.39, 0.29) is 5.54 Å². The molecule has 2 unspecified atom stereocenters. The van der Waals surface area contributed by atoms with Crippen LogP contribution in [-0.4, -0.2) is 21.3 Å². The molecule has 0 aliphatic heterocycles. The van der Waals surface area contributed by atoms with Crippen LogP contribution in [0.3, 0.4) is 0 Å². The Morgan fingerprint density at radius 2 is 1.76 bits per heavy atom. The zero-order valence-electron chi connectivity index (χ0n) is 15.8. The normalized spacial score (nSPS) is 14.6. The Morgan fingerprint density at radius 1 is 1.12 bits per heavy atom. The van der Waals surface area contributed by atoms with Crippen molar-refractivity contribution in [1.29, 1.82) is 0 Å². The summed E-state index contributed by atoms with van der Waals surface area (Å²) in [5.74, 6) is 2.34. The summed E-state index contributed by atoms with van der Waals surface area (Å²) in [6, 6.07) is 8.26. The molecule has 0 fully saturated rings. The Morgan fingerprint density at radius 3 is 2.20 bits per heavy atom. The largest absolute Gasteiger partial charge is 0.493 e. The topological polar surface area (TPSA) is 53.7 Å². The molecule has 0 spiro atoms. The van der Waals surface area contributed by atoms with E-state index >= 15 is 0 Å². The van der Waals surface area contributed by atoms with E-state index in [0.717, 1.165) is 19.3 Å². The summed E-state index contributed by atoms with van der Waals surface area (Å²) in [7, 11) is 4.91. The van der Waals surface area contributed by atoms with Crippen LogP contribution in [0.5, 0.6) is 17.2 Å². The average Bonchev–Trinajstić information content (AvgIpc) is 3.19. The molecule has 2 aromatic rings. The quantitative estimate of drug-likeness (QED) is 0.687. The van der Waals surface area contributed by atoms with Crippen LogP contribution >= 0.6 is 11.3 Å². The standard InChI is InChI=1S/C20H29NO3S/c1-6-20(21,18-8-7-11-25-18)10-9-14(2)15-12-16(22-3)19(24-5)17(13-15)23-4/h7-8,11-14H,6,9-10,21H2,1-5H3. The molecule has 0 aliphatic carbocycles. The molecule has 0 saturated heterocycles. The van der Waals surface area contributed by atoms with Crippen molar-refractivity contribution in [1.82, 2.24) is 0 Å². The lowest BCUT2D eigenvalue weighted by Crippen LogP contribution is -2.35. The Hall–Kier alpha value is -1.72. The van der Waals surface area contributed by atoms with Crippen molar-refractivity contribution in [2.75, 3.05) is 21.3 Å². The molecule has 0 aliphatic rings. The number of methoxy groups -OCH3 is 3. The Balaban J connectivity index is 2.19. The maximum Gasteiger partial charge on any atom is 0.203 e. The summed E-state index contributed by atoms with van der Waals surface area (Å²) in [6.07, 6.45) is 2.85. The van der Waals surface area contributed by atoms with Crippen molar-refractivity contribution in [3.05, 3.63) is 40.1 Å². The van der Waals surface area contributed by atoms with Crippen LogP contribution in [0, 0.1) is 0 Å². The molecular weight excluding hydrogens is 334 g/mol. The summed E-state index contributed by atoms with van der Waals surface area (Å²) in [6.45, 7) is 4.37. The van der Waals surface area contributed by atoms with E-state index < -0.39 is 0 Å². The van der Waals surface area contributed by atoms with Gasteiger partial charge in [0.1, 0.15) is 0 Å². The van der Waals surface area contributed by atoms with Gasteiger partial charge in [0.05, 0.1) is 26.9 Å². The SMILES string of the molecule is CCC(N)(CCC(C)c1cc(OC)c(OC)c(OC)c1)c1cccs1. The van der Waals surface area contributed by atoms with Crippen molar-refractivity contribution >= 4 is 11.3 Å². The number of benzene rings is 1. The lowest BCUT2D eigenvalue weighted by Gasteiger charge is -2.29. The molecule has 1 aromatic carbocycles. The average molecular weight is 364 g/mol. The number of rotatable bonds is 9. The molecule has 1 heterocycles. The van der Waals surface area contributed by atoms with Crippen LogP contribution in [0.4, 0.5) is 0 Å². The lowest BCUT2D eigenvalue weighted by molar-refractivity contribution is 0.322. The maximum atomic E-state index is 6.69. The number of hydrogen-bond acceptors (Lipinski definition) is 5. The van der Waals surface area contributed by atoms with Crippen molar-refractivity contribution in [3.8, 4) is 17.2 Å². The molecular formula is C20H29NO3S. The van der Waals surface area contributed by atoms with E-state index in [1.165, 1.54) is 10.4 Å². The summed E-state index contributed by atoms with van der Waals surface area (Å²) < 4.78 is 16.3. The second-order valence-corrected chi connectivity index (χ2v) is 7.33. The second kappa shape index (κ2) is 8.59. The Bertz CT molecular complexity index is 647. The monoisotopic (exact) mass is 363 g/mol. The summed E-state index contributed by atoms with van der Waals surface area (Å²) >= 11 is 1.74. The lowest BCUT2D eigenvalue weighted by atomic mass is 9.85. The first kappa shape index (κ1) is 19.6. The van der Waals surface area contributed by atoms with Gasteiger partial charge in [0.25, 0.3) is 0 Å². The molecule has 4 nitrogen and oxygen atoms in total. The summed E-state index contributed by atoms with van der Waals surface area (Å²) in [4.78, 5) is 1.26. The van der Waals surface area contributed by atoms with Gasteiger partial charge in [-0.1, -0.05) is 19.9 Å². The highest BCUT2D eigenvalue weighted by atomic mass is 32.1. The minimum Gasteiger partial charge on any atom is -0.493 e. The number of ether oxygens (including phenoxy) is 3. The third-order valence-corrected chi connectivity index (χ3v) is 6.01. The zero-order chi connectivity index (χ0) is 18.4. The minimum atomic E-state index is -0.261. The zero-order valence-corrected chi connectivity index (χ0v) is 16.6. The number of hydrogen-bond donors (Lipinski definition) is 1. The van der Waals surface area contributed by atoms with Crippen LogP contribution in [0.1, 0.15) is 49.5 Å². The third-order valence-electron chi connectivity index (χ3n) is 4.92. The van der Waals surface area contributed by atoms with Crippen molar-refractivity contribution < 1.29 is 14.2 Å². The van der Waals surface area contributed by atoms with E-state index in [9.17, 15) is 0 Å². The van der Waals surface area contributed by atoms with Crippen LogP contribution in [0.15, 0.2) is 29.6 Å². The highest BCUT2D eigenvalue weighted by Gasteiger charge is 2.27. The number of thiophene rings is 1. The van der Waals surface area contributed by atoms with Crippen molar-refractivity contribution in [2.24, 2.45) is 5.73 Å². The van der Waals surface area contributed by atoms with E-state index in [1.807, 2.05) is 12.1 Å². The molecule has 2 atom stereocenters. The van der Waals surface area contributed by atoms with Gasteiger partial charge in [0.2, 0.25) is 5.75 Å². The van der Waals surface area contributed by atoms with Gasteiger partial charge in [-0.25, -0.2) is 0 Å². The highest BCUT2D eigenvalue weighted by molar-refractivity contribution is 7.10. The maximum absolute atomic E-state index is 6.69. The van der Waals surface area contributed by atoms with Crippen molar-refractivity contribution in [2.45, 2.75) is 44.6 Å². The third kappa shape index (κ3) is 4.28. The minimum absolute atomic E-state index is 0.261. The van der Waals surface area contributed by atoms with Gasteiger partial charge in [-0.05, 0) is 54.3 Å². The van der Waals surface area contributed by atoms with Gasteiger partial charge >= 0.3 is 0 Å². The molecule has 2 rings (SSSR count). The Kier molecular flexibility index (Phi) is 6.73. The predicted octanol–water partition coefficient (Wildman–Crippen LogP) is 4.92. The fourth-order valence-corrected chi connectivity index (χ4v) is 4.00. The van der Waals surface area contributed by atoms with Gasteiger partial charge in [0.15, 0.2) is 11.5 Å². The molecule has 1 aromatic heterocycles. The van der Waals surface area contributed by atoms with Gasteiger partial charge in [-0.2, -0.15) is 0 Å². The van der Waals surface area contributed by atoms with E-state index in [4.69, 9.17) is 19.9 Å². The summed E-state index contributed by atoms with van der Waals surface area (Å²) in [5, 5.41) is 2.09. The van der Waals surface area contributed by atoms with Crippen LogP contribution < -0.4 is 19.9 Å². The first-order valence-electron chi connectivity index (χ1n) is 8.61. The van der Waals surface area contributed by atoms with Crippen molar-refractivity contribution in [3.63, 3.8) is 0 Å². The van der Waals surface area contributed by atoms with Crippen LogP contribution in [0.25, 0.3) is 0 Å². The molecule has 5 heteroatoms. The molecule has 0 amide bonds. The first-order valence-corrected chi connectivity index (χ1v) is 9.49. The highest BCUT2D eigenvalue weighted by Crippen LogP contribution is 2.41. The molecule has 0 saturated carbocycles. The first-order chi connectivity index (χ1) is 12.0.